The van der Waals surface area contributed by atoms with E-state index in [9.17, 15) is 9.59 Å². The van der Waals surface area contributed by atoms with Gasteiger partial charge in [0.25, 0.3) is 0 Å². The van der Waals surface area contributed by atoms with Gasteiger partial charge in [0.1, 0.15) is 11.6 Å². The molecule has 1 aromatic carbocycles. The molecule has 0 radical (unpaired) electrons. The van der Waals surface area contributed by atoms with Gasteiger partial charge in [-0.2, -0.15) is 0 Å². The number of amides is 2. The molecule has 1 aromatic rings. The highest BCUT2D eigenvalue weighted by Gasteiger charge is 2.38. The standard InChI is InChI=1S/C30H46N4O3S2/c1-30(2,3)37-29(36)34-21-39-20-26(34)27(35)32-25(15-14-22-10-6-4-7-11-22)28(38)31-23-16-18-33(19-17-23)24-12-8-5-9-13-24/h5,8-9,12-13,22-23,25-26H,4,6-7,10-11,14-21H2,1-3H3,(H,31,38)(H,32,35)/t25-,26+/m1/s1. The van der Waals surface area contributed by atoms with Gasteiger partial charge in [-0.3, -0.25) is 9.69 Å². The number of para-hydroxylation sites is 1. The van der Waals surface area contributed by atoms with Gasteiger partial charge < -0.3 is 20.3 Å². The SMILES string of the molecule is CC(C)(C)OC(=O)N1CSC[C@H]1C(=O)N[C@H](CCC1CCCCC1)C(=S)NC1CCN(c2ccccc2)CC1. The van der Waals surface area contributed by atoms with E-state index in [0.29, 0.717) is 23.6 Å². The molecule has 0 spiro atoms. The van der Waals surface area contributed by atoms with Crippen LogP contribution in [0.3, 0.4) is 0 Å². The summed E-state index contributed by atoms with van der Waals surface area (Å²) in [6.07, 6.45) is 9.94. The molecule has 39 heavy (non-hydrogen) atoms. The van der Waals surface area contributed by atoms with Gasteiger partial charge in [-0.15, -0.1) is 11.8 Å². The number of piperidine rings is 1. The molecule has 2 atom stereocenters. The van der Waals surface area contributed by atoms with Crippen LogP contribution in [0.1, 0.15) is 78.6 Å². The van der Waals surface area contributed by atoms with Gasteiger partial charge in [-0.1, -0.05) is 62.5 Å². The quantitative estimate of drug-likeness (QED) is 0.384. The molecule has 0 aromatic heterocycles. The fourth-order valence-electron chi connectivity index (χ4n) is 5.80. The van der Waals surface area contributed by atoms with E-state index < -0.39 is 17.7 Å². The van der Waals surface area contributed by atoms with E-state index in [0.717, 1.165) is 43.8 Å². The summed E-state index contributed by atoms with van der Waals surface area (Å²) in [6.45, 7) is 7.50. The molecule has 3 aliphatic rings. The highest BCUT2D eigenvalue weighted by Crippen LogP contribution is 2.29. The second-order valence-corrected chi connectivity index (χ2v) is 13.7. The lowest BCUT2D eigenvalue weighted by Crippen LogP contribution is -2.55. The maximum Gasteiger partial charge on any atom is 0.411 e. The van der Waals surface area contributed by atoms with Gasteiger partial charge in [0.2, 0.25) is 5.91 Å². The van der Waals surface area contributed by atoms with Gasteiger partial charge >= 0.3 is 6.09 Å². The number of hydrogen-bond acceptors (Lipinski definition) is 6. The van der Waals surface area contributed by atoms with Crippen LogP contribution in [0.25, 0.3) is 0 Å². The Kier molecular flexibility index (Phi) is 10.8. The molecule has 2 saturated heterocycles. The molecule has 216 valence electrons. The lowest BCUT2D eigenvalue weighted by molar-refractivity contribution is -0.125. The Balaban J connectivity index is 1.36. The summed E-state index contributed by atoms with van der Waals surface area (Å²) in [6, 6.07) is 10.1. The first-order valence-electron chi connectivity index (χ1n) is 14.7. The molecule has 9 heteroatoms. The Morgan fingerprint density at radius 3 is 2.44 bits per heavy atom. The zero-order valence-electron chi connectivity index (χ0n) is 23.8. The molecular formula is C30H46N4O3S2. The van der Waals surface area contributed by atoms with Gasteiger partial charge in [-0.05, 0) is 64.5 Å². The van der Waals surface area contributed by atoms with Crippen LogP contribution in [0.5, 0.6) is 0 Å². The van der Waals surface area contributed by atoms with Crippen molar-refractivity contribution >= 4 is 46.7 Å². The van der Waals surface area contributed by atoms with Crippen LogP contribution < -0.4 is 15.5 Å². The molecule has 7 nitrogen and oxygen atoms in total. The first kappa shape index (κ1) is 30.0. The molecular weight excluding hydrogens is 528 g/mol. The minimum atomic E-state index is -0.602. The number of rotatable bonds is 8. The maximum atomic E-state index is 13.5. The number of ether oxygens (including phenoxy) is 1. The molecule has 4 rings (SSSR count). The van der Waals surface area contributed by atoms with Gasteiger partial charge in [0.15, 0.2) is 0 Å². The first-order valence-corrected chi connectivity index (χ1v) is 16.2. The minimum absolute atomic E-state index is 0.137. The highest BCUT2D eigenvalue weighted by atomic mass is 32.2. The summed E-state index contributed by atoms with van der Waals surface area (Å²) in [4.78, 5) is 31.0. The lowest BCUT2D eigenvalue weighted by Gasteiger charge is -2.36. The summed E-state index contributed by atoms with van der Waals surface area (Å²) in [5.41, 5.74) is 0.662. The van der Waals surface area contributed by atoms with E-state index >= 15 is 0 Å². The lowest BCUT2D eigenvalue weighted by atomic mass is 9.85. The van der Waals surface area contributed by atoms with E-state index in [2.05, 4.69) is 45.9 Å². The van der Waals surface area contributed by atoms with Crippen molar-refractivity contribution in [3.63, 3.8) is 0 Å². The number of thioether (sulfide) groups is 1. The third-order valence-corrected chi connectivity index (χ3v) is 9.41. The van der Waals surface area contributed by atoms with Crippen LogP contribution in [0, 0.1) is 5.92 Å². The molecule has 1 saturated carbocycles. The van der Waals surface area contributed by atoms with Crippen molar-refractivity contribution in [3.05, 3.63) is 30.3 Å². The smallest absolute Gasteiger partial charge is 0.411 e. The number of nitrogens with one attached hydrogen (secondary N) is 2. The van der Waals surface area contributed by atoms with E-state index in [-0.39, 0.29) is 11.9 Å². The Morgan fingerprint density at radius 2 is 1.77 bits per heavy atom. The van der Waals surface area contributed by atoms with Crippen molar-refractivity contribution in [3.8, 4) is 0 Å². The second kappa shape index (κ2) is 14.1. The average molecular weight is 575 g/mol. The normalized spacial score (nSPS) is 21.9. The Labute approximate surface area is 244 Å². The largest absolute Gasteiger partial charge is 0.444 e. The Hall–Kier alpha value is -2.00. The van der Waals surface area contributed by atoms with Crippen molar-refractivity contribution < 1.29 is 14.3 Å². The monoisotopic (exact) mass is 574 g/mol. The molecule has 0 bridgehead atoms. The molecule has 3 fully saturated rings. The summed E-state index contributed by atoms with van der Waals surface area (Å²) in [7, 11) is 0. The van der Waals surface area contributed by atoms with Crippen molar-refractivity contribution in [2.24, 2.45) is 5.92 Å². The molecule has 2 aliphatic heterocycles. The zero-order chi connectivity index (χ0) is 27.8. The zero-order valence-corrected chi connectivity index (χ0v) is 25.5. The van der Waals surface area contributed by atoms with Gasteiger partial charge in [-0.25, -0.2) is 4.79 Å². The third kappa shape index (κ3) is 9.00. The summed E-state index contributed by atoms with van der Waals surface area (Å²) in [5, 5.41) is 6.87. The van der Waals surface area contributed by atoms with Crippen molar-refractivity contribution in [2.75, 3.05) is 29.6 Å². The van der Waals surface area contributed by atoms with Crippen molar-refractivity contribution in [1.29, 1.82) is 0 Å². The molecule has 2 heterocycles. The minimum Gasteiger partial charge on any atom is -0.444 e. The summed E-state index contributed by atoms with van der Waals surface area (Å²) in [5.74, 6) is 1.60. The molecule has 0 unspecified atom stereocenters. The van der Waals surface area contributed by atoms with Crippen LogP contribution in [0.15, 0.2) is 30.3 Å². The molecule has 2 amide bonds. The summed E-state index contributed by atoms with van der Waals surface area (Å²) < 4.78 is 5.57. The average Bonchev–Trinajstić information content (AvgIpc) is 3.42. The highest BCUT2D eigenvalue weighted by molar-refractivity contribution is 7.99. The van der Waals surface area contributed by atoms with Crippen molar-refractivity contribution in [2.45, 2.75) is 102 Å². The number of carbonyl (C=O) groups is 2. The first-order chi connectivity index (χ1) is 18.7. The van der Waals surface area contributed by atoms with Crippen molar-refractivity contribution in [1.82, 2.24) is 15.5 Å². The van der Waals surface area contributed by atoms with Crippen LogP contribution in [0.2, 0.25) is 0 Å². The van der Waals surface area contributed by atoms with Crippen LogP contribution in [-0.2, 0) is 9.53 Å². The molecule has 1 aliphatic carbocycles. The number of hydrogen-bond donors (Lipinski definition) is 2. The van der Waals surface area contributed by atoms with E-state index in [1.807, 2.05) is 20.8 Å². The fraction of sp³-hybridized carbons (Fsp3) is 0.700. The number of carbonyl (C=O) groups excluding carboxylic acids is 2. The van der Waals surface area contributed by atoms with E-state index in [1.165, 1.54) is 37.8 Å². The molecule has 2 N–H and O–H groups in total. The predicted octanol–water partition coefficient (Wildman–Crippen LogP) is 5.73. The van der Waals surface area contributed by atoms with Gasteiger partial charge in [0.05, 0.1) is 16.9 Å². The predicted molar refractivity (Wildman–Crippen MR) is 164 cm³/mol. The maximum absolute atomic E-state index is 13.5. The number of nitrogens with zero attached hydrogens (tertiary/aromatic N) is 2. The Morgan fingerprint density at radius 1 is 1.08 bits per heavy atom. The number of anilines is 1. The second-order valence-electron chi connectivity index (χ2n) is 12.2. The van der Waals surface area contributed by atoms with Crippen LogP contribution >= 0.6 is 24.0 Å². The van der Waals surface area contributed by atoms with Gasteiger partial charge in [0, 0.05) is 30.6 Å². The number of thiocarbonyl (C=S) groups is 1. The van der Waals surface area contributed by atoms with E-state index in [4.69, 9.17) is 17.0 Å². The summed E-state index contributed by atoms with van der Waals surface area (Å²) >= 11 is 7.52. The number of benzene rings is 1. The van der Waals surface area contributed by atoms with Crippen LogP contribution in [0.4, 0.5) is 10.5 Å². The van der Waals surface area contributed by atoms with E-state index in [1.54, 1.807) is 16.7 Å². The fourth-order valence-corrected chi connectivity index (χ4v) is 7.28. The Bertz CT molecular complexity index is 957. The third-order valence-electron chi connectivity index (χ3n) is 8.00. The topological polar surface area (TPSA) is 73.9 Å². The van der Waals surface area contributed by atoms with Crippen LogP contribution in [-0.4, -0.2) is 70.3 Å².